The number of fused-ring (bicyclic) bond motifs is 3. The van der Waals surface area contributed by atoms with Gasteiger partial charge in [-0.05, 0) is 11.6 Å². The Balaban J connectivity index is 2.17. The van der Waals surface area contributed by atoms with E-state index in [0.717, 1.165) is 4.57 Å². The molecule has 0 aromatic carbocycles. The Morgan fingerprint density at radius 1 is 1.35 bits per heavy atom. The highest BCUT2D eigenvalue weighted by Crippen LogP contribution is 2.35. The molecule has 0 saturated carbocycles. The summed E-state index contributed by atoms with van der Waals surface area (Å²) in [7, 11) is 0. The maximum absolute atomic E-state index is 12.0. The van der Waals surface area contributed by atoms with Gasteiger partial charge >= 0.3 is 5.69 Å². The van der Waals surface area contributed by atoms with Crippen LogP contribution < -0.4 is 11.2 Å². The Labute approximate surface area is 115 Å². The second kappa shape index (κ2) is 3.70. The third-order valence-electron chi connectivity index (χ3n) is 3.73. The van der Waals surface area contributed by atoms with Gasteiger partial charge in [0.05, 0.1) is 6.54 Å². The van der Waals surface area contributed by atoms with Crippen molar-refractivity contribution >= 4 is 22.8 Å². The molecule has 4 atom stereocenters. The second-order valence-electron chi connectivity index (χ2n) is 4.84. The number of aliphatic hydroxyl groups is 2. The van der Waals surface area contributed by atoms with Crippen LogP contribution in [0.3, 0.4) is 0 Å². The lowest BCUT2D eigenvalue weighted by molar-refractivity contribution is -0.0353. The van der Waals surface area contributed by atoms with Gasteiger partial charge in [0.15, 0.2) is 17.4 Å². The van der Waals surface area contributed by atoms with Crippen LogP contribution in [0.15, 0.2) is 9.59 Å². The highest BCUT2D eigenvalue weighted by Gasteiger charge is 2.47. The number of aromatic amines is 1. The normalized spacial score (nSPS) is 31.8. The van der Waals surface area contributed by atoms with Gasteiger partial charge in [-0.1, -0.05) is 0 Å². The Kier molecular flexibility index (Phi) is 2.24. The van der Waals surface area contributed by atoms with Crippen LogP contribution in [0.4, 0.5) is 0 Å². The van der Waals surface area contributed by atoms with Crippen molar-refractivity contribution in [1.82, 2.24) is 19.1 Å². The molecule has 20 heavy (non-hydrogen) atoms. The fourth-order valence-electron chi connectivity index (χ4n) is 2.80. The van der Waals surface area contributed by atoms with Gasteiger partial charge in [-0.25, -0.2) is 14.3 Å². The smallest absolute Gasteiger partial charge is 0.332 e. The standard InChI is InChI=1S/C10H9ClN4O5/c11-9-12-3-6(18)13-10(19)15-7(3)14(9)1-2-4(16)5(17)8(15)20-2/h2,4-5,8,16-17H,1H2,(H,13,18,19)/t2-,4-,5-,8-/m1/s1. The molecule has 0 amide bonds. The maximum atomic E-state index is 12.0. The molecule has 0 radical (unpaired) electrons. The molecule has 106 valence electrons. The van der Waals surface area contributed by atoms with E-state index in [0.29, 0.717) is 0 Å². The molecule has 2 aliphatic rings. The largest absolute Gasteiger partial charge is 0.387 e. The molecule has 10 heteroatoms. The third kappa shape index (κ3) is 1.30. The molecule has 1 fully saturated rings. The molecule has 0 spiro atoms. The van der Waals surface area contributed by atoms with Crippen LogP contribution in [0, 0.1) is 0 Å². The number of nitrogens with one attached hydrogen (secondary N) is 1. The second-order valence-corrected chi connectivity index (χ2v) is 5.18. The van der Waals surface area contributed by atoms with Crippen LogP contribution in [-0.4, -0.2) is 47.6 Å². The summed E-state index contributed by atoms with van der Waals surface area (Å²) in [5.74, 6) is 0. The Hall–Kier alpha value is -1.68. The first-order chi connectivity index (χ1) is 9.49. The lowest BCUT2D eigenvalue weighted by Gasteiger charge is -2.19. The predicted octanol–water partition coefficient (Wildman–Crippen LogP) is -1.83. The van der Waals surface area contributed by atoms with Gasteiger partial charge in [0.2, 0.25) is 5.28 Å². The van der Waals surface area contributed by atoms with E-state index in [1.807, 2.05) is 0 Å². The Morgan fingerprint density at radius 2 is 2.10 bits per heavy atom. The summed E-state index contributed by atoms with van der Waals surface area (Å²) in [6, 6.07) is 0. The van der Waals surface area contributed by atoms with Crippen molar-refractivity contribution in [3.8, 4) is 0 Å². The van der Waals surface area contributed by atoms with Crippen LogP contribution in [0.25, 0.3) is 11.2 Å². The fraction of sp³-hybridized carbons (Fsp3) is 0.500. The van der Waals surface area contributed by atoms with Crippen molar-refractivity contribution in [1.29, 1.82) is 0 Å². The number of aliphatic hydroxyl groups excluding tert-OH is 2. The summed E-state index contributed by atoms with van der Waals surface area (Å²) in [6.07, 6.45) is -4.25. The minimum atomic E-state index is -1.27. The zero-order valence-corrected chi connectivity index (χ0v) is 10.6. The van der Waals surface area contributed by atoms with Crippen molar-refractivity contribution in [2.24, 2.45) is 0 Å². The molecule has 1 saturated heterocycles. The van der Waals surface area contributed by atoms with Gasteiger partial charge in [-0.2, -0.15) is 0 Å². The number of rotatable bonds is 0. The van der Waals surface area contributed by atoms with E-state index in [2.05, 4.69) is 9.97 Å². The average molecular weight is 301 g/mol. The van der Waals surface area contributed by atoms with Crippen molar-refractivity contribution in [2.45, 2.75) is 31.1 Å². The minimum Gasteiger partial charge on any atom is -0.387 e. The summed E-state index contributed by atoms with van der Waals surface area (Å²) in [6.45, 7) is 0.0902. The van der Waals surface area contributed by atoms with Crippen LogP contribution in [0.1, 0.15) is 6.23 Å². The summed E-state index contributed by atoms with van der Waals surface area (Å²) < 4.78 is 7.98. The van der Waals surface area contributed by atoms with Crippen molar-refractivity contribution in [3.63, 3.8) is 0 Å². The summed E-state index contributed by atoms with van der Waals surface area (Å²) in [4.78, 5) is 29.8. The van der Waals surface area contributed by atoms with E-state index in [1.54, 1.807) is 0 Å². The number of imidazole rings is 1. The van der Waals surface area contributed by atoms with Crippen molar-refractivity contribution in [3.05, 3.63) is 26.1 Å². The third-order valence-corrected chi connectivity index (χ3v) is 4.02. The molecular weight excluding hydrogens is 292 g/mol. The highest BCUT2D eigenvalue weighted by atomic mass is 35.5. The van der Waals surface area contributed by atoms with Gasteiger partial charge < -0.3 is 14.9 Å². The van der Waals surface area contributed by atoms with E-state index >= 15 is 0 Å². The Morgan fingerprint density at radius 3 is 2.85 bits per heavy atom. The predicted molar refractivity (Wildman–Crippen MR) is 65.5 cm³/mol. The zero-order valence-electron chi connectivity index (χ0n) is 9.86. The number of H-pyrrole nitrogens is 1. The first kappa shape index (κ1) is 12.1. The van der Waals surface area contributed by atoms with Crippen molar-refractivity contribution in [2.75, 3.05) is 0 Å². The van der Waals surface area contributed by atoms with Crippen LogP contribution in [0.2, 0.25) is 5.28 Å². The number of hydrogen-bond acceptors (Lipinski definition) is 6. The first-order valence-electron chi connectivity index (χ1n) is 5.91. The number of aromatic nitrogens is 4. The zero-order chi connectivity index (χ0) is 14.2. The van der Waals surface area contributed by atoms with Crippen LogP contribution in [-0.2, 0) is 11.3 Å². The van der Waals surface area contributed by atoms with Gasteiger partial charge in [0.25, 0.3) is 5.56 Å². The number of nitrogens with zero attached hydrogens (tertiary/aromatic N) is 3. The summed E-state index contributed by atoms with van der Waals surface area (Å²) in [5.41, 5.74) is -1.23. The molecule has 2 bridgehead atoms. The molecule has 0 unspecified atom stereocenters. The van der Waals surface area contributed by atoms with E-state index in [1.165, 1.54) is 4.57 Å². The highest BCUT2D eigenvalue weighted by molar-refractivity contribution is 6.29. The SMILES string of the molecule is O=c1[nH]c(=O)n2c3c1nc(Cl)n3C[C@H]1O[C@@H]2[C@H](O)[C@@H]1O. The first-order valence-corrected chi connectivity index (χ1v) is 6.29. The molecule has 9 nitrogen and oxygen atoms in total. The van der Waals surface area contributed by atoms with Gasteiger partial charge in [0, 0.05) is 0 Å². The average Bonchev–Trinajstić information content (AvgIpc) is 2.78. The van der Waals surface area contributed by atoms with E-state index < -0.39 is 35.8 Å². The Bertz CT molecular complexity index is 839. The molecule has 2 aromatic heterocycles. The lowest BCUT2D eigenvalue weighted by atomic mass is 10.1. The van der Waals surface area contributed by atoms with E-state index in [9.17, 15) is 19.8 Å². The summed E-state index contributed by atoms with van der Waals surface area (Å²) >= 11 is 5.98. The monoisotopic (exact) mass is 300 g/mol. The molecule has 4 rings (SSSR count). The van der Waals surface area contributed by atoms with E-state index in [4.69, 9.17) is 16.3 Å². The molecular formula is C10H9ClN4O5. The van der Waals surface area contributed by atoms with E-state index in [-0.39, 0.29) is 23.0 Å². The van der Waals surface area contributed by atoms with Crippen molar-refractivity contribution < 1.29 is 14.9 Å². The van der Waals surface area contributed by atoms with Gasteiger partial charge in [-0.15, -0.1) is 0 Å². The molecule has 2 aromatic rings. The lowest BCUT2D eigenvalue weighted by Crippen LogP contribution is -2.40. The quantitative estimate of drug-likeness (QED) is 0.492. The molecule has 0 aliphatic carbocycles. The molecule has 2 aliphatic heterocycles. The van der Waals surface area contributed by atoms with Gasteiger partial charge in [-0.3, -0.25) is 14.3 Å². The molecule has 4 heterocycles. The minimum absolute atomic E-state index is 0.00700. The summed E-state index contributed by atoms with van der Waals surface area (Å²) in [5, 5.41) is 19.9. The maximum Gasteiger partial charge on any atom is 0.332 e. The topological polar surface area (TPSA) is 122 Å². The number of halogens is 1. The van der Waals surface area contributed by atoms with Gasteiger partial charge in [0.1, 0.15) is 18.3 Å². The molecule has 3 N–H and O–H groups in total. The fourth-order valence-corrected chi connectivity index (χ4v) is 3.03. The number of hydrogen-bond donors (Lipinski definition) is 3. The van der Waals surface area contributed by atoms with Crippen LogP contribution >= 0.6 is 11.6 Å². The number of ether oxygens (including phenoxy) is 1. The van der Waals surface area contributed by atoms with Crippen LogP contribution in [0.5, 0.6) is 0 Å².